The summed E-state index contributed by atoms with van der Waals surface area (Å²) in [6, 6.07) is 10.2. The van der Waals surface area contributed by atoms with Crippen molar-refractivity contribution in [3.63, 3.8) is 0 Å². The van der Waals surface area contributed by atoms with Crippen molar-refractivity contribution >= 4 is 22.3 Å². The Balaban J connectivity index is 1.34. The van der Waals surface area contributed by atoms with Crippen molar-refractivity contribution in [3.8, 4) is 5.75 Å². The summed E-state index contributed by atoms with van der Waals surface area (Å²) in [5.41, 5.74) is 2.93. The molecule has 37 heavy (non-hydrogen) atoms. The number of nitrogens with one attached hydrogen (secondary N) is 1. The van der Waals surface area contributed by atoms with Crippen LogP contribution in [-0.4, -0.2) is 100.0 Å². The molecule has 2 saturated heterocycles. The number of hydrogen-bond acceptors (Lipinski definition) is 8. The second-order valence-corrected chi connectivity index (χ2v) is 10.4. The fraction of sp³-hybridized carbons (Fsp3) is 0.536. The van der Waals surface area contributed by atoms with Gasteiger partial charge in [-0.05, 0) is 44.3 Å². The van der Waals surface area contributed by atoms with E-state index in [4.69, 9.17) is 14.6 Å². The van der Waals surface area contributed by atoms with Crippen LogP contribution in [0.1, 0.15) is 19.3 Å². The second kappa shape index (κ2) is 10.5. The number of aliphatic imine (C=N–C) groups is 1. The maximum Gasteiger partial charge on any atom is 0.188 e. The van der Waals surface area contributed by atoms with Gasteiger partial charge in [0, 0.05) is 49.7 Å². The summed E-state index contributed by atoms with van der Waals surface area (Å²) >= 11 is 0. The van der Waals surface area contributed by atoms with Crippen molar-refractivity contribution in [3.05, 3.63) is 47.4 Å². The molecule has 0 spiro atoms. The molecule has 1 N–H and O–H groups in total. The SMILES string of the molecule is COc1cc2ccccc2c(N2CCC3=C(C2)N(OC[C@@H]2CCCN2C)CN=C3N2CCNCC2)c1F. The van der Waals surface area contributed by atoms with Crippen molar-refractivity contribution in [2.45, 2.75) is 25.3 Å². The number of hydrogen-bond donors (Lipinski definition) is 1. The van der Waals surface area contributed by atoms with Crippen LogP contribution in [0.25, 0.3) is 10.8 Å². The molecule has 4 aliphatic heterocycles. The molecule has 1 atom stereocenters. The highest BCUT2D eigenvalue weighted by Gasteiger charge is 2.35. The summed E-state index contributed by atoms with van der Waals surface area (Å²) in [7, 11) is 3.70. The van der Waals surface area contributed by atoms with Gasteiger partial charge < -0.3 is 24.8 Å². The molecule has 0 amide bonds. The number of anilines is 1. The number of nitrogens with zero attached hydrogens (tertiary/aromatic N) is 5. The van der Waals surface area contributed by atoms with E-state index in [2.05, 4.69) is 27.1 Å². The molecule has 0 aromatic heterocycles. The third kappa shape index (κ3) is 4.64. The van der Waals surface area contributed by atoms with Gasteiger partial charge in [0.05, 0.1) is 31.6 Å². The minimum absolute atomic E-state index is 0.276. The van der Waals surface area contributed by atoms with Crippen molar-refractivity contribution in [2.24, 2.45) is 4.99 Å². The Bertz CT molecular complexity index is 1210. The first-order valence-corrected chi connectivity index (χ1v) is 13.5. The van der Waals surface area contributed by atoms with Crippen LogP contribution in [0.2, 0.25) is 0 Å². The molecule has 0 radical (unpaired) electrons. The standard InChI is InChI=1S/C28H37FN6O2/c1-32-12-5-7-21(32)18-37-35-19-31-28(33-14-10-30-11-15-33)23-9-13-34(17-24(23)35)27-22-8-4-3-6-20(22)16-25(36-2)26(27)29/h3-4,6,8,16,21,30H,5,7,9-15,17-19H2,1-2H3/t21-/m0/s1. The first kappa shape index (κ1) is 24.5. The van der Waals surface area contributed by atoms with Crippen molar-refractivity contribution in [2.75, 3.05) is 78.1 Å². The highest BCUT2D eigenvalue weighted by atomic mass is 19.1. The first-order valence-electron chi connectivity index (χ1n) is 13.5. The zero-order chi connectivity index (χ0) is 25.4. The van der Waals surface area contributed by atoms with Gasteiger partial charge in [0.2, 0.25) is 0 Å². The number of fused-ring (bicyclic) bond motifs is 1. The van der Waals surface area contributed by atoms with E-state index in [1.54, 1.807) is 6.07 Å². The van der Waals surface area contributed by atoms with Gasteiger partial charge in [-0.3, -0.25) is 4.84 Å². The summed E-state index contributed by atoms with van der Waals surface area (Å²) in [5.74, 6) is 1.06. The lowest BCUT2D eigenvalue weighted by Crippen LogP contribution is -2.51. The minimum atomic E-state index is -0.308. The second-order valence-electron chi connectivity index (χ2n) is 10.4. The lowest BCUT2D eigenvalue weighted by Gasteiger charge is -2.43. The first-order chi connectivity index (χ1) is 18.1. The Morgan fingerprint density at radius 2 is 1.95 bits per heavy atom. The fourth-order valence-corrected chi connectivity index (χ4v) is 6.11. The number of piperazine rings is 1. The maximum atomic E-state index is 15.8. The Morgan fingerprint density at radius 1 is 1.11 bits per heavy atom. The van der Waals surface area contributed by atoms with E-state index in [9.17, 15) is 0 Å². The molecule has 4 heterocycles. The number of rotatable bonds is 5. The summed E-state index contributed by atoms with van der Waals surface area (Å²) in [6.07, 6.45) is 3.14. The van der Waals surface area contributed by atoms with Crippen LogP contribution in [0.3, 0.4) is 0 Å². The predicted octanol–water partition coefficient (Wildman–Crippen LogP) is 3.05. The van der Waals surface area contributed by atoms with E-state index >= 15 is 4.39 Å². The number of amidine groups is 1. The summed E-state index contributed by atoms with van der Waals surface area (Å²) in [6.45, 7) is 7.30. The van der Waals surface area contributed by atoms with Gasteiger partial charge in [-0.15, -0.1) is 0 Å². The zero-order valence-corrected chi connectivity index (χ0v) is 21.9. The Labute approximate surface area is 218 Å². The van der Waals surface area contributed by atoms with Crippen molar-refractivity contribution in [1.29, 1.82) is 0 Å². The molecule has 4 aliphatic rings. The number of hydroxylamine groups is 2. The highest BCUT2D eigenvalue weighted by molar-refractivity contribution is 6.01. The molecule has 0 saturated carbocycles. The lowest BCUT2D eigenvalue weighted by atomic mass is 9.99. The molecule has 0 aliphatic carbocycles. The summed E-state index contributed by atoms with van der Waals surface area (Å²) in [5, 5.41) is 7.28. The van der Waals surface area contributed by atoms with Gasteiger partial charge in [-0.25, -0.2) is 14.4 Å². The van der Waals surface area contributed by atoms with Crippen LogP contribution in [-0.2, 0) is 4.84 Å². The maximum absolute atomic E-state index is 15.8. The monoisotopic (exact) mass is 508 g/mol. The molecule has 6 rings (SSSR count). The van der Waals surface area contributed by atoms with Crippen LogP contribution in [0.15, 0.2) is 46.6 Å². The molecule has 0 unspecified atom stereocenters. The average Bonchev–Trinajstić information content (AvgIpc) is 3.36. The van der Waals surface area contributed by atoms with Crippen molar-refractivity contribution in [1.82, 2.24) is 20.2 Å². The van der Waals surface area contributed by atoms with E-state index in [1.165, 1.54) is 19.1 Å². The van der Waals surface area contributed by atoms with Gasteiger partial charge in [0.25, 0.3) is 0 Å². The third-order valence-corrected chi connectivity index (χ3v) is 8.21. The highest BCUT2D eigenvalue weighted by Crippen LogP contribution is 2.39. The molecular weight excluding hydrogens is 471 g/mol. The number of methoxy groups -OCH3 is 1. The lowest BCUT2D eigenvalue weighted by molar-refractivity contribution is -0.144. The molecule has 0 bridgehead atoms. The molecule has 9 heteroatoms. The van der Waals surface area contributed by atoms with Crippen LogP contribution in [0.5, 0.6) is 5.75 Å². The summed E-state index contributed by atoms with van der Waals surface area (Å²) < 4.78 is 21.2. The molecule has 198 valence electrons. The van der Waals surface area contributed by atoms with Gasteiger partial charge in [0.15, 0.2) is 11.6 Å². The van der Waals surface area contributed by atoms with Gasteiger partial charge in [0.1, 0.15) is 12.5 Å². The topological polar surface area (TPSA) is 55.8 Å². The smallest absolute Gasteiger partial charge is 0.188 e. The molecule has 8 nitrogen and oxygen atoms in total. The number of likely N-dealkylation sites (tertiary alicyclic amines) is 1. The van der Waals surface area contributed by atoms with Gasteiger partial charge >= 0.3 is 0 Å². The third-order valence-electron chi connectivity index (χ3n) is 8.21. The predicted molar refractivity (Wildman–Crippen MR) is 145 cm³/mol. The van der Waals surface area contributed by atoms with E-state index in [0.29, 0.717) is 38.1 Å². The zero-order valence-electron chi connectivity index (χ0n) is 21.9. The Hall–Kier alpha value is -2.88. The normalized spacial score (nSPS) is 23.1. The van der Waals surface area contributed by atoms with Gasteiger partial charge in [-0.1, -0.05) is 24.3 Å². The minimum Gasteiger partial charge on any atom is -0.494 e. The van der Waals surface area contributed by atoms with Crippen LogP contribution in [0.4, 0.5) is 10.1 Å². The summed E-state index contributed by atoms with van der Waals surface area (Å²) in [4.78, 5) is 18.4. The number of halogens is 1. The average molecular weight is 509 g/mol. The number of likely N-dealkylation sites (N-methyl/N-ethyl adjacent to an activating group) is 1. The molecule has 2 fully saturated rings. The van der Waals surface area contributed by atoms with Gasteiger partial charge in [-0.2, -0.15) is 0 Å². The number of benzene rings is 2. The Kier molecular flexibility index (Phi) is 6.92. The molecule has 2 aromatic rings. The molecule has 2 aromatic carbocycles. The van der Waals surface area contributed by atoms with E-state index in [0.717, 1.165) is 67.9 Å². The van der Waals surface area contributed by atoms with E-state index in [-0.39, 0.29) is 11.6 Å². The molecular formula is C28H37FN6O2. The fourth-order valence-electron chi connectivity index (χ4n) is 6.11. The van der Waals surface area contributed by atoms with Crippen LogP contribution in [0, 0.1) is 5.82 Å². The largest absolute Gasteiger partial charge is 0.494 e. The van der Waals surface area contributed by atoms with E-state index in [1.807, 2.05) is 29.3 Å². The van der Waals surface area contributed by atoms with Crippen LogP contribution < -0.4 is 15.0 Å². The van der Waals surface area contributed by atoms with E-state index < -0.39 is 0 Å². The van der Waals surface area contributed by atoms with Crippen LogP contribution >= 0.6 is 0 Å². The quantitative estimate of drug-likeness (QED) is 0.666. The Morgan fingerprint density at radius 3 is 2.73 bits per heavy atom. The number of ether oxygens (including phenoxy) is 1. The van der Waals surface area contributed by atoms with Crippen molar-refractivity contribution < 1.29 is 14.0 Å².